The summed E-state index contributed by atoms with van der Waals surface area (Å²) < 4.78 is 5.79. The molecule has 34 heavy (non-hydrogen) atoms. The van der Waals surface area contributed by atoms with Crippen LogP contribution in [0.5, 0.6) is 5.75 Å². The van der Waals surface area contributed by atoms with E-state index >= 15 is 0 Å². The molecule has 5 N–H and O–H groups in total. The second-order valence-electron chi connectivity index (χ2n) is 8.98. The average molecular weight is 467 g/mol. The summed E-state index contributed by atoms with van der Waals surface area (Å²) in [6, 6.07) is 7.52. The molecule has 1 aromatic carbocycles. The summed E-state index contributed by atoms with van der Waals surface area (Å²) in [5.74, 6) is 1.90. The van der Waals surface area contributed by atoms with Crippen LogP contribution >= 0.6 is 0 Å². The number of aromatic amines is 1. The van der Waals surface area contributed by atoms with Crippen molar-refractivity contribution in [2.24, 2.45) is 0 Å². The molecule has 0 radical (unpaired) electrons. The van der Waals surface area contributed by atoms with Gasteiger partial charge in [0.2, 0.25) is 0 Å². The van der Waals surface area contributed by atoms with Crippen molar-refractivity contribution in [3.8, 4) is 28.4 Å². The van der Waals surface area contributed by atoms with Gasteiger partial charge in [-0.15, -0.1) is 0 Å². The van der Waals surface area contributed by atoms with Crippen molar-refractivity contribution in [1.29, 1.82) is 0 Å². The zero-order valence-corrected chi connectivity index (χ0v) is 20.2. The fourth-order valence-electron chi connectivity index (χ4n) is 4.43. The number of hydrogen-bond donors (Lipinski definition) is 5. The van der Waals surface area contributed by atoms with E-state index in [2.05, 4.69) is 20.8 Å². The monoisotopic (exact) mass is 466 g/mol. The van der Waals surface area contributed by atoms with Crippen LogP contribution < -0.4 is 15.4 Å². The van der Waals surface area contributed by atoms with Crippen LogP contribution in [-0.4, -0.2) is 68.8 Å². The van der Waals surface area contributed by atoms with Crippen molar-refractivity contribution < 1.29 is 14.9 Å². The Morgan fingerprint density at radius 3 is 2.71 bits per heavy atom. The molecule has 3 atom stereocenters. The number of H-pyrrole nitrogens is 1. The summed E-state index contributed by atoms with van der Waals surface area (Å²) >= 11 is 0. The highest BCUT2D eigenvalue weighted by Gasteiger charge is 2.27. The first-order chi connectivity index (χ1) is 16.4. The third-order valence-electron chi connectivity index (χ3n) is 6.29. The van der Waals surface area contributed by atoms with Gasteiger partial charge in [0.25, 0.3) is 0 Å². The summed E-state index contributed by atoms with van der Waals surface area (Å²) in [5.41, 5.74) is 5.28. The van der Waals surface area contributed by atoms with Crippen LogP contribution in [0.15, 0.2) is 24.3 Å². The summed E-state index contributed by atoms with van der Waals surface area (Å²) in [5, 5.41) is 34.2. The van der Waals surface area contributed by atoms with E-state index in [9.17, 15) is 10.2 Å². The van der Waals surface area contributed by atoms with Gasteiger partial charge >= 0.3 is 0 Å². The van der Waals surface area contributed by atoms with E-state index in [1.165, 1.54) is 0 Å². The van der Waals surface area contributed by atoms with Crippen LogP contribution in [-0.2, 0) is 0 Å². The number of rotatable bonds is 9. The van der Waals surface area contributed by atoms with E-state index in [1.807, 2.05) is 45.0 Å². The summed E-state index contributed by atoms with van der Waals surface area (Å²) in [6.07, 6.45) is 1.69. The maximum atomic E-state index is 10.4. The molecular weight excluding hydrogens is 432 g/mol. The predicted molar refractivity (Wildman–Crippen MR) is 132 cm³/mol. The minimum atomic E-state index is -0.600. The number of ether oxygens (including phenoxy) is 1. The molecule has 4 rings (SSSR count). The maximum absolute atomic E-state index is 10.4. The highest BCUT2D eigenvalue weighted by Crippen LogP contribution is 2.34. The summed E-state index contributed by atoms with van der Waals surface area (Å²) in [6.45, 7) is 6.57. The number of nitrogens with one attached hydrogen (secondary N) is 3. The van der Waals surface area contributed by atoms with E-state index in [4.69, 9.17) is 14.7 Å². The van der Waals surface area contributed by atoms with Gasteiger partial charge in [-0.1, -0.05) is 12.1 Å². The molecule has 0 bridgehead atoms. The molecule has 1 fully saturated rings. The molecule has 9 nitrogen and oxygen atoms in total. The third kappa shape index (κ3) is 5.22. The van der Waals surface area contributed by atoms with Gasteiger partial charge in [-0.3, -0.25) is 5.10 Å². The van der Waals surface area contributed by atoms with E-state index in [-0.39, 0.29) is 18.8 Å². The van der Waals surface area contributed by atoms with Crippen LogP contribution in [0, 0.1) is 20.8 Å². The molecule has 0 amide bonds. The molecule has 2 aromatic heterocycles. The first-order valence-corrected chi connectivity index (χ1v) is 11.8. The van der Waals surface area contributed by atoms with Gasteiger partial charge in [-0.2, -0.15) is 5.10 Å². The number of nitrogens with zero attached hydrogens (tertiary/aromatic N) is 3. The lowest BCUT2D eigenvalue weighted by atomic mass is 10.0. The Hall–Kier alpha value is -3.01. The molecule has 0 spiro atoms. The Balaban J connectivity index is 1.73. The Labute approximate surface area is 200 Å². The second kappa shape index (κ2) is 10.5. The molecule has 9 heteroatoms. The van der Waals surface area contributed by atoms with Crippen LogP contribution in [0.4, 0.5) is 5.82 Å². The number of aliphatic hydroxyl groups is 2. The van der Waals surface area contributed by atoms with Crippen molar-refractivity contribution in [3.05, 3.63) is 41.2 Å². The van der Waals surface area contributed by atoms with Crippen molar-refractivity contribution in [2.75, 3.05) is 25.5 Å². The smallest absolute Gasteiger partial charge is 0.162 e. The summed E-state index contributed by atoms with van der Waals surface area (Å²) in [4.78, 5) is 9.80. The first-order valence-electron chi connectivity index (χ1n) is 11.8. The van der Waals surface area contributed by atoms with E-state index in [0.29, 0.717) is 23.9 Å². The number of anilines is 1. The van der Waals surface area contributed by atoms with E-state index < -0.39 is 6.10 Å². The van der Waals surface area contributed by atoms with Crippen LogP contribution in [0.2, 0.25) is 0 Å². The number of hydrogen-bond acceptors (Lipinski definition) is 8. The molecule has 1 aliphatic carbocycles. The molecule has 3 aromatic rings. The maximum Gasteiger partial charge on any atom is 0.162 e. The van der Waals surface area contributed by atoms with Gasteiger partial charge in [0.05, 0.1) is 23.5 Å². The van der Waals surface area contributed by atoms with Gasteiger partial charge in [-0.05, 0) is 59.2 Å². The van der Waals surface area contributed by atoms with Crippen molar-refractivity contribution in [1.82, 2.24) is 25.5 Å². The van der Waals surface area contributed by atoms with Crippen molar-refractivity contribution in [2.45, 2.75) is 58.3 Å². The molecule has 2 heterocycles. The van der Waals surface area contributed by atoms with E-state index in [1.54, 1.807) is 7.05 Å². The Kier molecular flexibility index (Phi) is 7.45. The van der Waals surface area contributed by atoms with Crippen molar-refractivity contribution >= 4 is 5.82 Å². The standard InChI is InChI=1S/C25H34N6O3/c1-14-23(22-15(2)30-31-16(22)3)28-25(29-24(14)27-20-9-6-10-21(20)33)17-7-5-8-19(11-17)34-13-18(32)12-26-4/h5,7-8,11,18,20-21,26,32-33H,6,9-10,12-13H2,1-4H3,(H,30,31)(H,27,28,29)/t18?,20-,21+/m0/s1. The molecule has 1 saturated carbocycles. The predicted octanol–water partition coefficient (Wildman–Crippen LogP) is 2.74. The molecule has 182 valence electrons. The second-order valence-corrected chi connectivity index (χ2v) is 8.98. The van der Waals surface area contributed by atoms with Gasteiger partial charge in [0.15, 0.2) is 5.82 Å². The third-order valence-corrected chi connectivity index (χ3v) is 6.29. The number of benzene rings is 1. The highest BCUT2D eigenvalue weighted by molar-refractivity contribution is 5.75. The fourth-order valence-corrected chi connectivity index (χ4v) is 4.43. The van der Waals surface area contributed by atoms with Crippen LogP contribution in [0.3, 0.4) is 0 Å². The zero-order valence-electron chi connectivity index (χ0n) is 20.2. The number of aromatic nitrogens is 4. The number of likely N-dealkylation sites (N-methyl/N-ethyl adjacent to an activating group) is 1. The van der Waals surface area contributed by atoms with Gasteiger partial charge in [0, 0.05) is 28.9 Å². The van der Waals surface area contributed by atoms with Crippen molar-refractivity contribution in [3.63, 3.8) is 0 Å². The minimum Gasteiger partial charge on any atom is -0.491 e. The molecular formula is C25H34N6O3. The molecule has 0 saturated heterocycles. The Morgan fingerprint density at radius 2 is 2.03 bits per heavy atom. The quantitative estimate of drug-likeness (QED) is 0.326. The van der Waals surface area contributed by atoms with Gasteiger partial charge in [0.1, 0.15) is 24.3 Å². The normalized spacial score (nSPS) is 18.8. The Bertz CT molecular complexity index is 1110. The first kappa shape index (κ1) is 24.1. The summed E-state index contributed by atoms with van der Waals surface area (Å²) in [7, 11) is 1.79. The number of aliphatic hydroxyl groups excluding tert-OH is 2. The van der Waals surface area contributed by atoms with Gasteiger partial charge < -0.3 is 25.6 Å². The lowest BCUT2D eigenvalue weighted by molar-refractivity contribution is 0.108. The van der Waals surface area contributed by atoms with E-state index in [0.717, 1.165) is 53.0 Å². The average Bonchev–Trinajstić information content (AvgIpc) is 3.38. The molecule has 1 aliphatic rings. The number of aryl methyl sites for hydroxylation is 2. The highest BCUT2D eigenvalue weighted by atomic mass is 16.5. The zero-order chi connectivity index (χ0) is 24.2. The largest absolute Gasteiger partial charge is 0.491 e. The lowest BCUT2D eigenvalue weighted by Crippen LogP contribution is -2.29. The Morgan fingerprint density at radius 1 is 1.21 bits per heavy atom. The lowest BCUT2D eigenvalue weighted by Gasteiger charge is -2.21. The van der Waals surface area contributed by atoms with Gasteiger partial charge in [-0.25, -0.2) is 9.97 Å². The molecule has 1 unspecified atom stereocenters. The SMILES string of the molecule is CNCC(O)COc1cccc(-c2nc(N[C@H]3CCC[C@H]3O)c(C)c(-c3c(C)n[nH]c3C)n2)c1. The van der Waals surface area contributed by atoms with Crippen LogP contribution in [0.25, 0.3) is 22.6 Å². The minimum absolute atomic E-state index is 0.0378. The van der Waals surface area contributed by atoms with Crippen LogP contribution in [0.1, 0.15) is 36.2 Å². The topological polar surface area (TPSA) is 128 Å². The fraction of sp³-hybridized carbons (Fsp3) is 0.480. The molecule has 0 aliphatic heterocycles.